The number of rotatable bonds is 8. The van der Waals surface area contributed by atoms with Gasteiger partial charge in [-0.05, 0) is 101 Å². The molecule has 1 aliphatic heterocycles. The number of fused-ring (bicyclic) bond motifs is 8. The summed E-state index contributed by atoms with van der Waals surface area (Å²) in [6.07, 6.45) is 5.28. The third-order valence-corrected chi connectivity index (χ3v) is 13.5. The van der Waals surface area contributed by atoms with Crippen LogP contribution in [0.4, 0.5) is 34.1 Å². The Morgan fingerprint density at radius 3 is 1.67 bits per heavy atom. The molecule has 1 atom stereocenters. The van der Waals surface area contributed by atoms with E-state index in [4.69, 9.17) is 4.74 Å². The first-order chi connectivity index (χ1) is 32.7. The fraction of sp³-hybridized carbons (Fsp3) is 0.0323. The first-order valence-electron chi connectivity index (χ1n) is 22.8. The zero-order chi connectivity index (χ0) is 43.6. The molecule has 0 saturated carbocycles. The van der Waals surface area contributed by atoms with Gasteiger partial charge in [0.2, 0.25) is 0 Å². The van der Waals surface area contributed by atoms with Gasteiger partial charge in [0.25, 0.3) is 0 Å². The quantitative estimate of drug-likeness (QED) is 0.152. The van der Waals surface area contributed by atoms with Gasteiger partial charge in [0.15, 0.2) is 0 Å². The molecule has 1 aromatic heterocycles. The molecule has 4 heteroatoms. The molecule has 10 aromatic carbocycles. The molecular formula is C62H43N3O. The number of para-hydroxylation sites is 4. The molecule has 0 amide bonds. The highest BCUT2D eigenvalue weighted by molar-refractivity contribution is 6.10. The number of aromatic nitrogens is 1. The number of allylic oxidation sites excluding steroid dienone is 4. The van der Waals surface area contributed by atoms with Gasteiger partial charge >= 0.3 is 0 Å². The zero-order valence-electron chi connectivity index (χ0n) is 36.1. The van der Waals surface area contributed by atoms with Gasteiger partial charge in [0, 0.05) is 50.2 Å². The summed E-state index contributed by atoms with van der Waals surface area (Å²) < 4.78 is 9.55. The van der Waals surface area contributed by atoms with Crippen LogP contribution in [0.15, 0.2) is 248 Å². The molecule has 13 rings (SSSR count). The Morgan fingerprint density at radius 2 is 0.970 bits per heavy atom. The van der Waals surface area contributed by atoms with Crippen LogP contribution in [0.5, 0.6) is 5.75 Å². The van der Waals surface area contributed by atoms with E-state index in [1.807, 2.05) is 0 Å². The predicted octanol–water partition coefficient (Wildman–Crippen LogP) is 16.9. The maximum atomic E-state index is 7.14. The second-order valence-corrected chi connectivity index (χ2v) is 17.3. The molecule has 0 fully saturated rings. The Balaban J connectivity index is 1.02. The summed E-state index contributed by atoms with van der Waals surface area (Å²) in [7, 11) is 0. The van der Waals surface area contributed by atoms with E-state index in [1.54, 1.807) is 0 Å². The van der Waals surface area contributed by atoms with Crippen LogP contribution >= 0.6 is 0 Å². The number of ether oxygens (including phenoxy) is 1. The fourth-order valence-electron chi connectivity index (χ4n) is 10.5. The molecule has 2 heterocycles. The van der Waals surface area contributed by atoms with Gasteiger partial charge in [-0.1, -0.05) is 164 Å². The van der Waals surface area contributed by atoms with Gasteiger partial charge in [-0.2, -0.15) is 0 Å². The minimum Gasteiger partial charge on any atom is -0.461 e. The summed E-state index contributed by atoms with van der Waals surface area (Å²) in [6, 6.07) is 83.3. The molecule has 0 bridgehead atoms. The van der Waals surface area contributed by atoms with Crippen LogP contribution in [0.3, 0.4) is 0 Å². The Morgan fingerprint density at radius 1 is 0.409 bits per heavy atom. The second kappa shape index (κ2) is 15.6. The first kappa shape index (κ1) is 37.9. The van der Waals surface area contributed by atoms with Gasteiger partial charge in [-0.15, -0.1) is 0 Å². The van der Waals surface area contributed by atoms with Crippen molar-refractivity contribution in [2.75, 3.05) is 9.80 Å². The van der Waals surface area contributed by atoms with Crippen LogP contribution in [0.1, 0.15) is 23.5 Å². The minimum absolute atomic E-state index is 0.0244. The van der Waals surface area contributed by atoms with E-state index < -0.39 is 0 Å². The van der Waals surface area contributed by atoms with Crippen molar-refractivity contribution < 1.29 is 4.74 Å². The second-order valence-electron chi connectivity index (χ2n) is 17.3. The largest absolute Gasteiger partial charge is 0.461 e. The highest BCUT2D eigenvalue weighted by atomic mass is 16.5. The third kappa shape index (κ3) is 6.22. The minimum atomic E-state index is -0.0244. The van der Waals surface area contributed by atoms with Crippen molar-refractivity contribution in [3.8, 4) is 11.4 Å². The van der Waals surface area contributed by atoms with Gasteiger partial charge in [-0.25, -0.2) is 0 Å². The lowest BCUT2D eigenvalue weighted by Gasteiger charge is -2.32. The maximum Gasteiger partial charge on any atom is 0.135 e. The maximum absolute atomic E-state index is 7.14. The predicted molar refractivity (Wildman–Crippen MR) is 276 cm³/mol. The number of anilines is 6. The SMILES string of the molecule is C1=C(c2ccc3c4ccccc4n(-c4ccccc4)c3c2)CC2C(=C1)Oc1cc(N(c3ccccc3)c3cccc4ccccc34)cc(N(c3ccccc3)c3cccc4ccccc34)c12. The topological polar surface area (TPSA) is 20.6 Å². The van der Waals surface area contributed by atoms with Crippen molar-refractivity contribution in [3.05, 3.63) is 260 Å². The normalized spacial score (nSPS) is 14.2. The van der Waals surface area contributed by atoms with Crippen LogP contribution < -0.4 is 14.5 Å². The molecule has 2 aliphatic rings. The molecule has 1 aliphatic carbocycles. The van der Waals surface area contributed by atoms with Crippen LogP contribution in [0.2, 0.25) is 0 Å². The van der Waals surface area contributed by atoms with Crippen LogP contribution in [0, 0.1) is 0 Å². The molecular weight excluding hydrogens is 803 g/mol. The van der Waals surface area contributed by atoms with E-state index >= 15 is 0 Å². The van der Waals surface area contributed by atoms with Crippen molar-refractivity contribution in [3.63, 3.8) is 0 Å². The van der Waals surface area contributed by atoms with E-state index in [9.17, 15) is 0 Å². The lowest BCUT2D eigenvalue weighted by atomic mass is 9.83. The van der Waals surface area contributed by atoms with E-state index in [1.165, 1.54) is 60.1 Å². The summed E-state index contributed by atoms with van der Waals surface area (Å²) in [5, 5.41) is 7.23. The average molecular weight is 846 g/mol. The average Bonchev–Trinajstić information content (AvgIpc) is 3.93. The van der Waals surface area contributed by atoms with Crippen molar-refractivity contribution in [2.45, 2.75) is 12.3 Å². The Bertz CT molecular complexity index is 3710. The Hall–Kier alpha value is -8.60. The van der Waals surface area contributed by atoms with Crippen molar-refractivity contribution in [2.24, 2.45) is 0 Å². The number of hydrogen-bond donors (Lipinski definition) is 0. The highest BCUT2D eigenvalue weighted by Gasteiger charge is 2.38. The van der Waals surface area contributed by atoms with Gasteiger partial charge in [0.1, 0.15) is 11.5 Å². The van der Waals surface area contributed by atoms with Crippen molar-refractivity contribution in [1.82, 2.24) is 4.57 Å². The monoisotopic (exact) mass is 845 g/mol. The van der Waals surface area contributed by atoms with Gasteiger partial charge < -0.3 is 19.1 Å². The smallest absolute Gasteiger partial charge is 0.135 e. The van der Waals surface area contributed by atoms with E-state index in [-0.39, 0.29) is 5.92 Å². The fourth-order valence-corrected chi connectivity index (χ4v) is 10.5. The highest BCUT2D eigenvalue weighted by Crippen LogP contribution is 2.57. The number of hydrogen-bond acceptors (Lipinski definition) is 3. The van der Waals surface area contributed by atoms with E-state index in [2.05, 4.69) is 257 Å². The molecule has 0 saturated heterocycles. The van der Waals surface area contributed by atoms with Crippen LogP contribution in [0.25, 0.3) is 54.6 Å². The molecule has 11 aromatic rings. The molecule has 4 nitrogen and oxygen atoms in total. The zero-order valence-corrected chi connectivity index (χ0v) is 36.1. The molecule has 0 spiro atoms. The summed E-state index contributed by atoms with van der Waals surface area (Å²) in [5.41, 5.74) is 13.7. The standard InChI is InChI=1S/C62H43N3O/c1-4-22-46(23-5-1)63(55-32-16-20-42-18-10-12-28-50(42)55)49-40-59(65(48-26-8-3-9-27-48)56-33-17-21-43-19-11-13-29-51(43)56)62-54-38-44(35-37-60(54)66-61(62)41-49)45-34-36-53-52-30-14-15-31-57(52)64(58(53)39-45)47-24-6-2-7-25-47/h1-37,39-41,54H,38H2. The lowest BCUT2D eigenvalue weighted by molar-refractivity contribution is 0.426. The van der Waals surface area contributed by atoms with Gasteiger partial charge in [-0.3, -0.25) is 0 Å². The summed E-state index contributed by atoms with van der Waals surface area (Å²) >= 11 is 0. The van der Waals surface area contributed by atoms with Crippen LogP contribution in [-0.2, 0) is 0 Å². The number of nitrogens with zero attached hydrogens (tertiary/aromatic N) is 3. The summed E-state index contributed by atoms with van der Waals surface area (Å²) in [6.45, 7) is 0. The summed E-state index contributed by atoms with van der Waals surface area (Å²) in [5.74, 6) is 1.81. The number of benzene rings is 10. The molecule has 0 N–H and O–H groups in total. The molecule has 312 valence electrons. The molecule has 66 heavy (non-hydrogen) atoms. The van der Waals surface area contributed by atoms with Crippen molar-refractivity contribution >= 4 is 83.0 Å². The van der Waals surface area contributed by atoms with Gasteiger partial charge in [0.05, 0.1) is 39.7 Å². The van der Waals surface area contributed by atoms with Crippen molar-refractivity contribution in [1.29, 1.82) is 0 Å². The summed E-state index contributed by atoms with van der Waals surface area (Å²) in [4.78, 5) is 4.86. The molecule has 0 radical (unpaired) electrons. The van der Waals surface area contributed by atoms with Crippen LogP contribution in [-0.4, -0.2) is 4.57 Å². The molecule has 1 unspecified atom stereocenters. The lowest BCUT2D eigenvalue weighted by Crippen LogP contribution is -2.16. The van der Waals surface area contributed by atoms with E-state index in [0.29, 0.717) is 0 Å². The third-order valence-electron chi connectivity index (χ3n) is 13.5. The van der Waals surface area contributed by atoms with E-state index in [0.717, 1.165) is 57.7 Å². The Labute approximate surface area is 383 Å². The Kier molecular flexibility index (Phi) is 8.95. The first-order valence-corrected chi connectivity index (χ1v) is 22.8.